The largest absolute Gasteiger partial charge is 0.378 e. The fourth-order valence-corrected chi connectivity index (χ4v) is 2.23. The molecule has 7 heteroatoms. The number of rotatable bonds is 6. The molecule has 0 saturated carbocycles. The zero-order chi connectivity index (χ0) is 18.4. The highest BCUT2D eigenvalue weighted by atomic mass is 16.2. The van der Waals surface area contributed by atoms with Crippen molar-refractivity contribution in [3.8, 4) is 0 Å². The number of hydrogen-bond donors (Lipinski definition) is 2. The van der Waals surface area contributed by atoms with Crippen LogP contribution in [0, 0.1) is 0 Å². The topological polar surface area (TPSA) is 77.6 Å². The highest BCUT2D eigenvalue weighted by Crippen LogP contribution is 2.16. The lowest BCUT2D eigenvalue weighted by Crippen LogP contribution is -2.33. The summed E-state index contributed by atoms with van der Waals surface area (Å²) >= 11 is 0. The Morgan fingerprint density at radius 2 is 1.68 bits per heavy atom. The van der Waals surface area contributed by atoms with Crippen molar-refractivity contribution in [3.63, 3.8) is 0 Å². The summed E-state index contributed by atoms with van der Waals surface area (Å²) in [5.41, 5.74) is 2.15. The van der Waals surface area contributed by atoms with E-state index in [0.717, 1.165) is 5.69 Å². The molecular weight excluding hydrogens is 318 g/mol. The first-order chi connectivity index (χ1) is 11.9. The van der Waals surface area contributed by atoms with Gasteiger partial charge in [0, 0.05) is 45.8 Å². The van der Waals surface area contributed by atoms with Crippen LogP contribution in [0.5, 0.6) is 0 Å². The molecule has 0 radical (unpaired) electrons. The van der Waals surface area contributed by atoms with Crippen LogP contribution in [0.1, 0.15) is 10.4 Å². The molecule has 0 spiro atoms. The molecule has 0 aliphatic heterocycles. The number of pyridine rings is 1. The van der Waals surface area contributed by atoms with Crippen molar-refractivity contribution in [2.24, 2.45) is 0 Å². The first-order valence-corrected chi connectivity index (χ1v) is 7.86. The quantitative estimate of drug-likeness (QED) is 0.834. The second-order valence-corrected chi connectivity index (χ2v) is 5.94. The molecule has 2 N–H and O–H groups in total. The summed E-state index contributed by atoms with van der Waals surface area (Å²) in [7, 11) is 7.51. The fourth-order valence-electron chi connectivity index (χ4n) is 2.23. The summed E-state index contributed by atoms with van der Waals surface area (Å²) < 4.78 is 0. The minimum atomic E-state index is -0.338. The van der Waals surface area contributed by atoms with Gasteiger partial charge in [0.05, 0.1) is 12.1 Å². The third-order valence-electron chi connectivity index (χ3n) is 3.53. The smallest absolute Gasteiger partial charge is 0.255 e. The Morgan fingerprint density at radius 3 is 2.28 bits per heavy atom. The van der Waals surface area contributed by atoms with Crippen molar-refractivity contribution >= 4 is 29.0 Å². The van der Waals surface area contributed by atoms with Crippen LogP contribution in [0.3, 0.4) is 0 Å². The van der Waals surface area contributed by atoms with Gasteiger partial charge >= 0.3 is 0 Å². The van der Waals surface area contributed by atoms with Gasteiger partial charge in [0.15, 0.2) is 0 Å². The first kappa shape index (κ1) is 18.3. The lowest BCUT2D eigenvalue weighted by molar-refractivity contribution is -0.115. The Balaban J connectivity index is 1.92. The molecule has 7 nitrogen and oxygen atoms in total. The predicted molar refractivity (Wildman–Crippen MR) is 100 cm³/mol. The molecule has 1 aromatic heterocycles. The zero-order valence-corrected chi connectivity index (χ0v) is 14.9. The molecule has 1 heterocycles. The molecule has 1 aromatic carbocycles. The minimum Gasteiger partial charge on any atom is -0.378 e. The molecule has 0 unspecified atom stereocenters. The zero-order valence-electron chi connectivity index (χ0n) is 14.9. The molecule has 0 aliphatic rings. The van der Waals surface area contributed by atoms with E-state index in [2.05, 4.69) is 15.6 Å². The number of nitrogens with zero attached hydrogens (tertiary/aromatic N) is 3. The van der Waals surface area contributed by atoms with Crippen LogP contribution in [0.2, 0.25) is 0 Å². The molecule has 25 heavy (non-hydrogen) atoms. The lowest BCUT2D eigenvalue weighted by atomic mass is 10.2. The van der Waals surface area contributed by atoms with Crippen molar-refractivity contribution in [1.82, 2.24) is 10.3 Å². The lowest BCUT2D eigenvalue weighted by Gasteiger charge is -2.15. The Kier molecular flexibility index (Phi) is 5.94. The van der Waals surface area contributed by atoms with Gasteiger partial charge in [-0.1, -0.05) is 0 Å². The monoisotopic (exact) mass is 341 g/mol. The van der Waals surface area contributed by atoms with Crippen LogP contribution in [0.15, 0.2) is 42.6 Å². The summed E-state index contributed by atoms with van der Waals surface area (Å²) in [4.78, 5) is 32.2. The average molecular weight is 341 g/mol. The number of amides is 2. The van der Waals surface area contributed by atoms with Crippen LogP contribution in [-0.2, 0) is 4.79 Å². The van der Waals surface area contributed by atoms with Gasteiger partial charge in [0.1, 0.15) is 5.82 Å². The number of carbonyl (C=O) groups excluding carboxylic acids is 2. The number of aromatic nitrogens is 1. The van der Waals surface area contributed by atoms with Gasteiger partial charge in [-0.05, 0) is 36.4 Å². The normalized spacial score (nSPS) is 10.1. The van der Waals surface area contributed by atoms with Crippen molar-refractivity contribution < 1.29 is 9.59 Å². The maximum Gasteiger partial charge on any atom is 0.255 e. The molecule has 0 aliphatic carbocycles. The maximum atomic E-state index is 12.3. The van der Waals surface area contributed by atoms with E-state index in [9.17, 15) is 9.59 Å². The Bertz CT molecular complexity index is 741. The van der Waals surface area contributed by atoms with Crippen LogP contribution in [-0.4, -0.2) is 51.5 Å². The van der Waals surface area contributed by atoms with E-state index in [1.54, 1.807) is 23.2 Å². The van der Waals surface area contributed by atoms with Crippen LogP contribution >= 0.6 is 0 Å². The van der Waals surface area contributed by atoms with E-state index in [4.69, 9.17) is 0 Å². The predicted octanol–water partition coefficient (Wildman–Crippen LogP) is 1.58. The Morgan fingerprint density at radius 1 is 1.00 bits per heavy atom. The fraction of sp³-hybridized carbons (Fsp3) is 0.278. The van der Waals surface area contributed by atoms with E-state index >= 15 is 0 Å². The number of carbonyl (C=O) groups is 2. The first-order valence-electron chi connectivity index (χ1n) is 7.86. The SMILES string of the molecule is CN(C)c1ccc(NC(=O)CNC(=O)c2cccnc2N(C)C)cc1. The van der Waals surface area contributed by atoms with E-state index in [-0.39, 0.29) is 18.4 Å². The number of benzene rings is 1. The van der Waals surface area contributed by atoms with Crippen molar-refractivity contribution in [2.45, 2.75) is 0 Å². The number of hydrogen-bond acceptors (Lipinski definition) is 5. The van der Waals surface area contributed by atoms with Gasteiger partial charge < -0.3 is 20.4 Å². The summed E-state index contributed by atoms with van der Waals surface area (Å²) in [6, 6.07) is 10.8. The minimum absolute atomic E-state index is 0.115. The molecule has 0 atom stereocenters. The van der Waals surface area contributed by atoms with Gasteiger partial charge in [-0.25, -0.2) is 4.98 Å². The van der Waals surface area contributed by atoms with Gasteiger partial charge in [0.25, 0.3) is 5.91 Å². The molecule has 2 aromatic rings. The van der Waals surface area contributed by atoms with Crippen LogP contribution in [0.4, 0.5) is 17.2 Å². The molecular formula is C18H23N5O2. The summed E-state index contributed by atoms with van der Waals surface area (Å²) in [6.45, 7) is -0.115. The summed E-state index contributed by atoms with van der Waals surface area (Å²) in [6.07, 6.45) is 1.62. The highest BCUT2D eigenvalue weighted by Gasteiger charge is 2.14. The third-order valence-corrected chi connectivity index (χ3v) is 3.53. The van der Waals surface area contributed by atoms with Gasteiger partial charge in [-0.3, -0.25) is 9.59 Å². The molecule has 2 amide bonds. The summed E-state index contributed by atoms with van der Waals surface area (Å²) in [5, 5.41) is 5.37. The molecule has 132 valence electrons. The van der Waals surface area contributed by atoms with E-state index < -0.39 is 0 Å². The Labute approximate surface area is 147 Å². The van der Waals surface area contributed by atoms with E-state index in [1.807, 2.05) is 57.4 Å². The van der Waals surface area contributed by atoms with Gasteiger partial charge in [0.2, 0.25) is 5.91 Å². The average Bonchev–Trinajstić information content (AvgIpc) is 2.60. The Hall–Kier alpha value is -3.09. The molecule has 0 bridgehead atoms. The van der Waals surface area contributed by atoms with Gasteiger partial charge in [-0.2, -0.15) is 0 Å². The second kappa shape index (κ2) is 8.14. The maximum absolute atomic E-state index is 12.3. The van der Waals surface area contributed by atoms with E-state index in [1.165, 1.54) is 0 Å². The van der Waals surface area contributed by atoms with Gasteiger partial charge in [-0.15, -0.1) is 0 Å². The van der Waals surface area contributed by atoms with Crippen molar-refractivity contribution in [1.29, 1.82) is 0 Å². The highest BCUT2D eigenvalue weighted by molar-refractivity contribution is 6.02. The summed E-state index contributed by atoms with van der Waals surface area (Å²) in [5.74, 6) is -0.0733. The third kappa shape index (κ3) is 4.94. The molecule has 0 fully saturated rings. The van der Waals surface area contributed by atoms with Crippen molar-refractivity contribution in [3.05, 3.63) is 48.2 Å². The van der Waals surface area contributed by atoms with Crippen LogP contribution < -0.4 is 20.4 Å². The number of anilines is 3. The van der Waals surface area contributed by atoms with Crippen molar-refractivity contribution in [2.75, 3.05) is 49.9 Å². The molecule has 0 saturated heterocycles. The standard InChI is InChI=1S/C18H23N5O2/c1-22(2)14-9-7-13(8-10-14)21-16(24)12-20-18(25)15-6-5-11-19-17(15)23(3)4/h5-11H,12H2,1-4H3,(H,20,25)(H,21,24). The van der Waals surface area contributed by atoms with E-state index in [0.29, 0.717) is 17.1 Å². The second-order valence-electron chi connectivity index (χ2n) is 5.94. The number of nitrogens with one attached hydrogen (secondary N) is 2. The molecule has 2 rings (SSSR count). The van der Waals surface area contributed by atoms with Crippen LogP contribution in [0.25, 0.3) is 0 Å².